The highest BCUT2D eigenvalue weighted by Crippen LogP contribution is 2.18. The lowest BCUT2D eigenvalue weighted by atomic mass is 10.0. The Labute approximate surface area is 118 Å². The van der Waals surface area contributed by atoms with Gasteiger partial charge in [0.25, 0.3) is 0 Å². The van der Waals surface area contributed by atoms with Gasteiger partial charge in [-0.25, -0.2) is 8.42 Å². The molecule has 0 saturated heterocycles. The fourth-order valence-corrected chi connectivity index (χ4v) is 2.98. The van der Waals surface area contributed by atoms with Crippen LogP contribution in [0.15, 0.2) is 29.2 Å². The van der Waals surface area contributed by atoms with Crippen molar-refractivity contribution in [1.82, 2.24) is 4.72 Å². The van der Waals surface area contributed by atoms with Crippen molar-refractivity contribution in [3.8, 4) is 5.75 Å². The minimum Gasteiger partial charge on any atom is -0.497 e. The summed E-state index contributed by atoms with van der Waals surface area (Å²) in [7, 11) is -2.47. The Morgan fingerprint density at radius 3 is 2.60 bits per heavy atom. The van der Waals surface area contributed by atoms with Crippen molar-refractivity contribution in [2.24, 2.45) is 5.92 Å². The summed E-state index contributed by atoms with van der Waals surface area (Å²) in [5.74, 6) is -1.11. The molecule has 6 nitrogen and oxygen atoms in total. The predicted molar refractivity (Wildman–Crippen MR) is 74.2 cm³/mol. The topological polar surface area (TPSA) is 92.7 Å². The third-order valence-electron chi connectivity index (χ3n) is 3.11. The quantitative estimate of drug-likeness (QED) is 0.795. The standard InChI is InChI=1S/C13H19NO5S/c1-4-9(2)12(13(15)16)14-20(17,18)11-7-5-6-10(8-11)19-3/h5-9,12,14H,4H2,1-3H3,(H,15,16). The number of carboxylic acids is 1. The Kier molecular flexibility index (Phi) is 5.52. The lowest BCUT2D eigenvalue weighted by Crippen LogP contribution is -2.44. The number of rotatable bonds is 7. The van der Waals surface area contributed by atoms with Gasteiger partial charge in [-0.1, -0.05) is 26.3 Å². The van der Waals surface area contributed by atoms with Gasteiger partial charge in [0.05, 0.1) is 12.0 Å². The van der Waals surface area contributed by atoms with Crippen LogP contribution in [0.3, 0.4) is 0 Å². The van der Waals surface area contributed by atoms with Gasteiger partial charge in [-0.15, -0.1) is 0 Å². The molecule has 0 aliphatic carbocycles. The van der Waals surface area contributed by atoms with Crippen LogP contribution in [0.5, 0.6) is 5.75 Å². The molecule has 0 spiro atoms. The third kappa shape index (κ3) is 3.94. The van der Waals surface area contributed by atoms with E-state index in [-0.39, 0.29) is 10.8 Å². The molecule has 0 heterocycles. The van der Waals surface area contributed by atoms with Gasteiger partial charge in [0, 0.05) is 6.07 Å². The fraction of sp³-hybridized carbons (Fsp3) is 0.462. The molecule has 0 aliphatic rings. The molecule has 0 fully saturated rings. The molecule has 2 unspecified atom stereocenters. The van der Waals surface area contributed by atoms with Crippen LogP contribution in [0.4, 0.5) is 0 Å². The summed E-state index contributed by atoms with van der Waals surface area (Å²) in [4.78, 5) is 11.2. The Morgan fingerprint density at radius 1 is 1.45 bits per heavy atom. The smallest absolute Gasteiger partial charge is 0.322 e. The first kappa shape index (κ1) is 16.5. The van der Waals surface area contributed by atoms with Crippen molar-refractivity contribution in [2.45, 2.75) is 31.2 Å². The molecule has 0 amide bonds. The molecule has 1 aromatic rings. The van der Waals surface area contributed by atoms with Crippen LogP contribution in [-0.2, 0) is 14.8 Å². The third-order valence-corrected chi connectivity index (χ3v) is 4.55. The van der Waals surface area contributed by atoms with Crippen LogP contribution in [0.2, 0.25) is 0 Å². The van der Waals surface area contributed by atoms with Crippen LogP contribution in [0, 0.1) is 5.92 Å². The summed E-state index contributed by atoms with van der Waals surface area (Å²) in [6.45, 7) is 3.49. The number of nitrogens with one attached hydrogen (secondary N) is 1. The molecular formula is C13H19NO5S. The molecule has 112 valence electrons. The molecule has 0 bridgehead atoms. The van der Waals surface area contributed by atoms with Crippen molar-refractivity contribution in [1.29, 1.82) is 0 Å². The van der Waals surface area contributed by atoms with E-state index in [1.54, 1.807) is 19.9 Å². The molecule has 7 heteroatoms. The van der Waals surface area contributed by atoms with E-state index in [0.717, 1.165) is 0 Å². The zero-order valence-electron chi connectivity index (χ0n) is 11.7. The van der Waals surface area contributed by atoms with Gasteiger partial charge >= 0.3 is 5.97 Å². The molecule has 2 N–H and O–H groups in total. The average molecular weight is 301 g/mol. The van der Waals surface area contributed by atoms with E-state index in [2.05, 4.69) is 4.72 Å². The van der Waals surface area contributed by atoms with Crippen LogP contribution < -0.4 is 9.46 Å². The van der Waals surface area contributed by atoms with E-state index < -0.39 is 22.0 Å². The van der Waals surface area contributed by atoms with E-state index >= 15 is 0 Å². The normalized spacial score (nSPS) is 14.6. The van der Waals surface area contributed by atoms with E-state index in [1.807, 2.05) is 0 Å². The van der Waals surface area contributed by atoms with E-state index in [4.69, 9.17) is 9.84 Å². The van der Waals surface area contributed by atoms with E-state index in [0.29, 0.717) is 12.2 Å². The highest BCUT2D eigenvalue weighted by Gasteiger charge is 2.29. The summed E-state index contributed by atoms with van der Waals surface area (Å²) in [6.07, 6.45) is 0.553. The van der Waals surface area contributed by atoms with Gasteiger partial charge in [0.1, 0.15) is 11.8 Å². The van der Waals surface area contributed by atoms with Crippen molar-refractivity contribution in [3.05, 3.63) is 24.3 Å². The van der Waals surface area contributed by atoms with E-state index in [9.17, 15) is 13.2 Å². The van der Waals surface area contributed by atoms with Gasteiger partial charge in [-0.05, 0) is 18.1 Å². The minimum absolute atomic E-state index is 0.0218. The number of hydrogen-bond donors (Lipinski definition) is 2. The molecule has 0 radical (unpaired) electrons. The number of carbonyl (C=O) groups is 1. The molecular weight excluding hydrogens is 282 g/mol. The van der Waals surface area contributed by atoms with Gasteiger partial charge in [-0.2, -0.15) is 4.72 Å². The largest absolute Gasteiger partial charge is 0.497 e. The summed E-state index contributed by atoms with van der Waals surface area (Å²) in [5, 5.41) is 9.13. The van der Waals surface area contributed by atoms with Crippen molar-refractivity contribution in [3.63, 3.8) is 0 Å². The summed E-state index contributed by atoms with van der Waals surface area (Å²) in [5.41, 5.74) is 0. The minimum atomic E-state index is -3.90. The Morgan fingerprint density at radius 2 is 2.10 bits per heavy atom. The highest BCUT2D eigenvalue weighted by molar-refractivity contribution is 7.89. The number of aliphatic carboxylic acids is 1. The van der Waals surface area contributed by atoms with Crippen molar-refractivity contribution < 1.29 is 23.1 Å². The van der Waals surface area contributed by atoms with Gasteiger partial charge in [0.15, 0.2) is 0 Å². The Hall–Kier alpha value is -1.60. The zero-order valence-corrected chi connectivity index (χ0v) is 12.5. The highest BCUT2D eigenvalue weighted by atomic mass is 32.2. The maximum absolute atomic E-state index is 12.2. The molecule has 2 atom stereocenters. The second-order valence-corrected chi connectivity index (χ2v) is 6.22. The molecule has 1 rings (SSSR count). The van der Waals surface area contributed by atoms with Gasteiger partial charge < -0.3 is 9.84 Å². The van der Waals surface area contributed by atoms with Crippen LogP contribution in [-0.4, -0.2) is 32.6 Å². The molecule has 0 aliphatic heterocycles. The first-order valence-electron chi connectivity index (χ1n) is 6.21. The monoisotopic (exact) mass is 301 g/mol. The number of carboxylic acid groups (broad SMARTS) is 1. The van der Waals surface area contributed by atoms with Crippen LogP contribution >= 0.6 is 0 Å². The number of ether oxygens (including phenoxy) is 1. The van der Waals surface area contributed by atoms with E-state index in [1.165, 1.54) is 25.3 Å². The van der Waals surface area contributed by atoms with Gasteiger partial charge in [0.2, 0.25) is 10.0 Å². The Bertz CT molecular complexity index is 570. The number of methoxy groups -OCH3 is 1. The lowest BCUT2D eigenvalue weighted by Gasteiger charge is -2.20. The maximum atomic E-state index is 12.2. The summed E-state index contributed by atoms with van der Waals surface area (Å²) >= 11 is 0. The molecule has 0 aromatic heterocycles. The molecule has 1 aromatic carbocycles. The first-order chi connectivity index (χ1) is 9.31. The maximum Gasteiger partial charge on any atom is 0.322 e. The number of sulfonamides is 1. The Balaban J connectivity index is 3.06. The second kappa shape index (κ2) is 6.71. The number of benzene rings is 1. The summed E-state index contributed by atoms with van der Waals surface area (Å²) in [6, 6.07) is 4.73. The van der Waals surface area contributed by atoms with Crippen LogP contribution in [0.25, 0.3) is 0 Å². The predicted octanol–water partition coefficient (Wildman–Crippen LogP) is 1.47. The first-order valence-corrected chi connectivity index (χ1v) is 7.69. The average Bonchev–Trinajstić information content (AvgIpc) is 2.43. The van der Waals surface area contributed by atoms with Crippen LogP contribution in [0.1, 0.15) is 20.3 Å². The fourth-order valence-electron chi connectivity index (χ4n) is 1.65. The van der Waals surface area contributed by atoms with Crippen molar-refractivity contribution >= 4 is 16.0 Å². The zero-order chi connectivity index (χ0) is 15.3. The molecule has 0 saturated carbocycles. The lowest BCUT2D eigenvalue weighted by molar-refractivity contribution is -0.140. The number of hydrogen-bond acceptors (Lipinski definition) is 4. The second-order valence-electron chi connectivity index (χ2n) is 4.50. The molecule has 20 heavy (non-hydrogen) atoms. The van der Waals surface area contributed by atoms with Gasteiger partial charge in [-0.3, -0.25) is 4.79 Å². The summed E-state index contributed by atoms with van der Waals surface area (Å²) < 4.78 is 31.6. The SMILES string of the molecule is CCC(C)C(NS(=O)(=O)c1cccc(OC)c1)C(=O)O. The van der Waals surface area contributed by atoms with Crippen molar-refractivity contribution in [2.75, 3.05) is 7.11 Å².